The highest BCUT2D eigenvalue weighted by atomic mass is 15.1. The monoisotopic (exact) mass is 182 g/mol. The van der Waals surface area contributed by atoms with Gasteiger partial charge < -0.3 is 0 Å². The molecule has 3 heteroatoms. The molecule has 0 unspecified atom stereocenters. The van der Waals surface area contributed by atoms with Gasteiger partial charge in [-0.15, -0.1) is 0 Å². The lowest BCUT2D eigenvalue weighted by molar-refractivity contribution is 0.583. The van der Waals surface area contributed by atoms with Crippen LogP contribution in [0, 0.1) is 6.92 Å². The van der Waals surface area contributed by atoms with Crippen molar-refractivity contribution in [2.45, 2.75) is 51.4 Å². The minimum atomic E-state index is 0.662. The Morgan fingerprint density at radius 1 is 0.923 bits per heavy atom. The van der Waals surface area contributed by atoms with E-state index >= 15 is 0 Å². The minimum Gasteiger partial charge on any atom is -0.0940 e. The van der Waals surface area contributed by atoms with Gasteiger partial charge in [-0.1, -0.05) is 57.0 Å². The van der Waals surface area contributed by atoms with Gasteiger partial charge >= 0.3 is 0 Å². The molecule has 0 saturated heterocycles. The lowest BCUT2D eigenvalue weighted by Gasteiger charge is -1.98. The smallest absolute Gasteiger partial charge is 0.0257 e. The number of unbranched alkanes of at least 4 members (excludes halogenated alkanes) is 7. The molecular formula is C10H20N3. The summed E-state index contributed by atoms with van der Waals surface area (Å²) in [4.78, 5) is 2.71. The van der Waals surface area contributed by atoms with Crippen LogP contribution in [-0.2, 0) is 0 Å². The van der Waals surface area contributed by atoms with Gasteiger partial charge in [0.2, 0.25) is 0 Å². The second kappa shape index (κ2) is 11.3. The molecule has 75 valence electrons. The Bertz CT molecular complexity index is 139. The molecule has 0 aromatic carbocycles. The van der Waals surface area contributed by atoms with Gasteiger partial charge in [-0.2, -0.15) is 0 Å². The molecular weight excluding hydrogens is 162 g/mol. The third kappa shape index (κ3) is 11.3. The van der Waals surface area contributed by atoms with Gasteiger partial charge in [0.1, 0.15) is 0 Å². The molecule has 0 aliphatic carbocycles. The van der Waals surface area contributed by atoms with Crippen molar-refractivity contribution in [2.75, 3.05) is 6.54 Å². The van der Waals surface area contributed by atoms with Gasteiger partial charge in [-0.3, -0.25) is 0 Å². The molecule has 0 fully saturated rings. The molecule has 0 amide bonds. The van der Waals surface area contributed by atoms with Gasteiger partial charge in [0.05, 0.1) is 0 Å². The first kappa shape index (κ1) is 12.3. The highest BCUT2D eigenvalue weighted by Crippen LogP contribution is 2.07. The predicted molar refractivity (Wildman–Crippen MR) is 56.3 cm³/mol. The maximum absolute atomic E-state index is 8.02. The number of rotatable bonds is 9. The van der Waals surface area contributed by atoms with Crippen LogP contribution in [0.4, 0.5) is 0 Å². The fourth-order valence-electron chi connectivity index (χ4n) is 1.29. The molecule has 0 atom stereocenters. The lowest BCUT2D eigenvalue weighted by atomic mass is 10.1. The average molecular weight is 182 g/mol. The van der Waals surface area contributed by atoms with Crippen molar-refractivity contribution in [3.8, 4) is 0 Å². The fraction of sp³-hybridized carbons (Fsp3) is 0.900. The van der Waals surface area contributed by atoms with Crippen LogP contribution >= 0.6 is 0 Å². The van der Waals surface area contributed by atoms with Crippen molar-refractivity contribution in [1.29, 1.82) is 0 Å². The van der Waals surface area contributed by atoms with E-state index in [1.807, 2.05) is 0 Å². The summed E-state index contributed by atoms with van der Waals surface area (Å²) in [5.74, 6) is 0. The normalized spacial score (nSPS) is 9.62. The Kier molecular flexibility index (Phi) is 10.7. The van der Waals surface area contributed by atoms with Gasteiger partial charge in [0.15, 0.2) is 0 Å². The Morgan fingerprint density at radius 3 is 2.00 bits per heavy atom. The van der Waals surface area contributed by atoms with Gasteiger partial charge in [0.25, 0.3) is 0 Å². The number of hydrogen-bond donors (Lipinski definition) is 0. The molecule has 0 N–H and O–H groups in total. The van der Waals surface area contributed by atoms with Crippen molar-refractivity contribution in [3.63, 3.8) is 0 Å². The van der Waals surface area contributed by atoms with Crippen LogP contribution in [0.3, 0.4) is 0 Å². The van der Waals surface area contributed by atoms with E-state index in [1.54, 1.807) is 0 Å². The third-order valence-electron chi connectivity index (χ3n) is 2.07. The summed E-state index contributed by atoms with van der Waals surface area (Å²) < 4.78 is 0. The van der Waals surface area contributed by atoms with Crippen molar-refractivity contribution in [3.05, 3.63) is 17.4 Å². The SMILES string of the molecule is [CH2]CCCCCCCCCN=[N+]=[N-]. The van der Waals surface area contributed by atoms with Gasteiger partial charge in [-0.05, 0) is 12.0 Å². The second-order valence-electron chi connectivity index (χ2n) is 3.28. The van der Waals surface area contributed by atoms with Crippen LogP contribution in [0.5, 0.6) is 0 Å². The highest BCUT2D eigenvalue weighted by molar-refractivity contribution is 4.50. The van der Waals surface area contributed by atoms with Crippen molar-refractivity contribution < 1.29 is 0 Å². The molecule has 0 aliphatic heterocycles. The van der Waals surface area contributed by atoms with Gasteiger partial charge in [0, 0.05) is 11.5 Å². The zero-order valence-electron chi connectivity index (χ0n) is 8.41. The number of nitrogens with zero attached hydrogens (tertiary/aromatic N) is 3. The average Bonchev–Trinajstić information content (AvgIpc) is 2.16. The van der Waals surface area contributed by atoms with Crippen LogP contribution in [0.1, 0.15) is 51.4 Å². The Morgan fingerprint density at radius 2 is 1.46 bits per heavy atom. The largest absolute Gasteiger partial charge is 0.0940 e. The molecule has 0 spiro atoms. The summed E-state index contributed by atoms with van der Waals surface area (Å²) in [5, 5.41) is 3.49. The van der Waals surface area contributed by atoms with Crippen LogP contribution in [0.25, 0.3) is 10.4 Å². The van der Waals surface area contributed by atoms with Gasteiger partial charge in [-0.25, -0.2) is 0 Å². The first-order valence-corrected chi connectivity index (χ1v) is 5.22. The first-order valence-electron chi connectivity index (χ1n) is 5.22. The summed E-state index contributed by atoms with van der Waals surface area (Å²) in [5.41, 5.74) is 8.02. The van der Waals surface area contributed by atoms with E-state index in [9.17, 15) is 0 Å². The summed E-state index contributed by atoms with van der Waals surface area (Å²) >= 11 is 0. The zero-order chi connectivity index (χ0) is 9.78. The van der Waals surface area contributed by atoms with E-state index in [4.69, 9.17) is 5.53 Å². The molecule has 0 saturated carbocycles. The standard InChI is InChI=1S/C10H20N3/c1-2-3-4-5-6-7-8-9-10-12-13-11/h1-10H2. The molecule has 3 nitrogen and oxygen atoms in total. The molecule has 1 radical (unpaired) electrons. The summed E-state index contributed by atoms with van der Waals surface area (Å²) in [6, 6.07) is 0. The van der Waals surface area contributed by atoms with E-state index in [1.165, 1.54) is 38.5 Å². The second-order valence-corrected chi connectivity index (χ2v) is 3.28. The molecule has 13 heavy (non-hydrogen) atoms. The van der Waals surface area contributed by atoms with Crippen molar-refractivity contribution in [1.82, 2.24) is 0 Å². The third-order valence-corrected chi connectivity index (χ3v) is 2.07. The molecule has 0 aromatic heterocycles. The van der Waals surface area contributed by atoms with Crippen LogP contribution in [-0.4, -0.2) is 6.54 Å². The summed E-state index contributed by atoms with van der Waals surface area (Å²) in [6.07, 6.45) is 9.81. The van der Waals surface area contributed by atoms with E-state index < -0.39 is 0 Å². The summed E-state index contributed by atoms with van der Waals surface area (Å²) in [7, 11) is 0. The quantitative estimate of drug-likeness (QED) is 0.221. The first-order chi connectivity index (χ1) is 6.41. The highest BCUT2D eigenvalue weighted by Gasteiger charge is 1.90. The summed E-state index contributed by atoms with van der Waals surface area (Å²) in [6.45, 7) is 4.47. The Balaban J connectivity index is 2.87. The topological polar surface area (TPSA) is 48.8 Å². The molecule has 0 aliphatic rings. The number of hydrogen-bond acceptors (Lipinski definition) is 1. The minimum absolute atomic E-state index is 0.662. The number of azide groups is 1. The van der Waals surface area contributed by atoms with E-state index in [0.29, 0.717) is 6.54 Å². The van der Waals surface area contributed by atoms with E-state index in [-0.39, 0.29) is 0 Å². The van der Waals surface area contributed by atoms with Crippen LogP contribution in [0.15, 0.2) is 5.11 Å². The molecule has 0 rings (SSSR count). The molecule has 0 aromatic rings. The fourth-order valence-corrected chi connectivity index (χ4v) is 1.29. The maximum Gasteiger partial charge on any atom is 0.0257 e. The molecule has 0 bridgehead atoms. The van der Waals surface area contributed by atoms with E-state index in [2.05, 4.69) is 16.9 Å². The maximum atomic E-state index is 8.02. The van der Waals surface area contributed by atoms with Crippen LogP contribution < -0.4 is 0 Å². The van der Waals surface area contributed by atoms with Crippen LogP contribution in [0.2, 0.25) is 0 Å². The lowest BCUT2D eigenvalue weighted by Crippen LogP contribution is -1.82. The molecule has 0 heterocycles. The van der Waals surface area contributed by atoms with Crippen molar-refractivity contribution >= 4 is 0 Å². The Labute approximate surface area is 81.2 Å². The van der Waals surface area contributed by atoms with E-state index in [0.717, 1.165) is 12.8 Å². The zero-order valence-corrected chi connectivity index (χ0v) is 8.41. The Hall–Kier alpha value is -0.690. The van der Waals surface area contributed by atoms with Crippen molar-refractivity contribution in [2.24, 2.45) is 5.11 Å². The predicted octanol–water partition coefficient (Wildman–Crippen LogP) is 4.25.